The first-order chi connectivity index (χ1) is 10.1. The summed E-state index contributed by atoms with van der Waals surface area (Å²) in [4.78, 5) is 0. The van der Waals surface area contributed by atoms with Crippen LogP contribution in [-0.4, -0.2) is 6.54 Å². The molecule has 0 saturated carbocycles. The van der Waals surface area contributed by atoms with Crippen molar-refractivity contribution in [2.75, 3.05) is 6.54 Å². The third kappa shape index (κ3) is 3.49. The Morgan fingerprint density at radius 1 is 1.14 bits per heavy atom. The second-order valence-electron chi connectivity index (χ2n) is 6.34. The third-order valence-electron chi connectivity index (χ3n) is 4.30. The fraction of sp³-hybridized carbons (Fsp3) is 0.579. The van der Waals surface area contributed by atoms with Crippen LogP contribution in [-0.2, 0) is 6.54 Å². The maximum atomic E-state index is 6.11. The maximum Gasteiger partial charge on any atom is 0.134 e. The van der Waals surface area contributed by atoms with Gasteiger partial charge in [0.15, 0.2) is 0 Å². The summed E-state index contributed by atoms with van der Waals surface area (Å²) >= 11 is 0. The Kier molecular flexibility index (Phi) is 5.46. The van der Waals surface area contributed by atoms with E-state index in [0.717, 1.165) is 30.9 Å². The van der Waals surface area contributed by atoms with Crippen LogP contribution < -0.4 is 5.32 Å². The predicted molar refractivity (Wildman–Crippen MR) is 91.0 cm³/mol. The molecule has 0 aliphatic carbocycles. The Morgan fingerprint density at radius 3 is 2.52 bits per heavy atom. The van der Waals surface area contributed by atoms with Gasteiger partial charge in [-0.1, -0.05) is 40.7 Å². The highest BCUT2D eigenvalue weighted by atomic mass is 16.3. The van der Waals surface area contributed by atoms with Crippen molar-refractivity contribution in [3.8, 4) is 0 Å². The van der Waals surface area contributed by atoms with Crippen LogP contribution in [0.1, 0.15) is 76.2 Å². The monoisotopic (exact) mass is 287 g/mol. The Labute approximate surface area is 128 Å². The number of hydrogen-bond acceptors (Lipinski definition) is 2. The van der Waals surface area contributed by atoms with E-state index in [1.165, 1.54) is 22.9 Å². The minimum absolute atomic E-state index is 0.483. The lowest BCUT2D eigenvalue weighted by Crippen LogP contribution is -2.14. The molecule has 2 rings (SSSR count). The van der Waals surface area contributed by atoms with Crippen LogP contribution in [0.25, 0.3) is 11.0 Å². The van der Waals surface area contributed by atoms with E-state index in [1.54, 1.807) is 0 Å². The third-order valence-corrected chi connectivity index (χ3v) is 4.30. The molecule has 2 nitrogen and oxygen atoms in total. The van der Waals surface area contributed by atoms with E-state index in [4.69, 9.17) is 4.42 Å². The highest BCUT2D eigenvalue weighted by Gasteiger charge is 2.17. The van der Waals surface area contributed by atoms with Crippen molar-refractivity contribution < 1.29 is 4.42 Å². The topological polar surface area (TPSA) is 25.2 Å². The molecule has 0 aliphatic rings. The zero-order valence-electron chi connectivity index (χ0n) is 14.1. The Morgan fingerprint density at radius 2 is 1.90 bits per heavy atom. The fourth-order valence-corrected chi connectivity index (χ4v) is 2.87. The van der Waals surface area contributed by atoms with Gasteiger partial charge in [-0.3, -0.25) is 0 Å². The molecular formula is C19H29NO. The van der Waals surface area contributed by atoms with Gasteiger partial charge in [-0.2, -0.15) is 0 Å². The van der Waals surface area contributed by atoms with Crippen LogP contribution in [0.3, 0.4) is 0 Å². The molecule has 0 amide bonds. The van der Waals surface area contributed by atoms with Crippen molar-refractivity contribution in [3.05, 3.63) is 35.1 Å². The largest absolute Gasteiger partial charge is 0.459 e. The molecule has 1 N–H and O–H groups in total. The lowest BCUT2D eigenvalue weighted by atomic mass is 9.93. The van der Waals surface area contributed by atoms with Crippen molar-refractivity contribution in [3.63, 3.8) is 0 Å². The molecule has 1 aromatic heterocycles. The molecule has 1 unspecified atom stereocenters. The minimum Gasteiger partial charge on any atom is -0.459 e. The number of benzene rings is 1. The molecule has 1 aromatic carbocycles. The molecule has 0 fully saturated rings. The molecule has 0 spiro atoms. The van der Waals surface area contributed by atoms with Crippen LogP contribution in [0.5, 0.6) is 0 Å². The van der Waals surface area contributed by atoms with Gasteiger partial charge in [-0.25, -0.2) is 0 Å². The first kappa shape index (κ1) is 16.1. The SMILES string of the molecule is CCCNCc1oc2ccc(C(C)CC)cc2c1C(C)C. The number of rotatable bonds is 7. The van der Waals surface area contributed by atoms with Crippen molar-refractivity contribution in [1.82, 2.24) is 5.32 Å². The average Bonchev–Trinajstić information content (AvgIpc) is 2.84. The van der Waals surface area contributed by atoms with E-state index in [0.29, 0.717) is 11.8 Å². The molecule has 0 aliphatic heterocycles. The summed E-state index contributed by atoms with van der Waals surface area (Å²) in [6, 6.07) is 6.70. The van der Waals surface area contributed by atoms with Crippen molar-refractivity contribution in [2.24, 2.45) is 0 Å². The number of fused-ring (bicyclic) bond motifs is 1. The molecule has 21 heavy (non-hydrogen) atoms. The molecule has 0 saturated heterocycles. The van der Waals surface area contributed by atoms with Gasteiger partial charge in [0.2, 0.25) is 0 Å². The molecular weight excluding hydrogens is 258 g/mol. The van der Waals surface area contributed by atoms with Gasteiger partial charge in [0.05, 0.1) is 6.54 Å². The number of nitrogens with one attached hydrogen (secondary N) is 1. The molecule has 0 radical (unpaired) electrons. The number of furan rings is 1. The van der Waals surface area contributed by atoms with Gasteiger partial charge in [-0.05, 0) is 48.9 Å². The van der Waals surface area contributed by atoms with Crippen molar-refractivity contribution >= 4 is 11.0 Å². The summed E-state index contributed by atoms with van der Waals surface area (Å²) in [6.45, 7) is 13.1. The Hall–Kier alpha value is -1.28. The standard InChI is InChI=1S/C19H29NO/c1-6-10-20-12-18-19(13(3)4)16-11-15(14(5)7-2)8-9-17(16)21-18/h8-9,11,13-14,20H,6-7,10,12H2,1-5H3. The van der Waals surface area contributed by atoms with E-state index < -0.39 is 0 Å². The lowest BCUT2D eigenvalue weighted by Gasteiger charge is -2.10. The van der Waals surface area contributed by atoms with Crippen LogP contribution in [0.15, 0.2) is 22.6 Å². The molecule has 0 bridgehead atoms. The van der Waals surface area contributed by atoms with Gasteiger partial charge in [0.1, 0.15) is 11.3 Å². The van der Waals surface area contributed by atoms with Gasteiger partial charge in [0.25, 0.3) is 0 Å². The summed E-state index contributed by atoms with van der Waals surface area (Å²) in [6.07, 6.45) is 2.32. The summed E-state index contributed by atoms with van der Waals surface area (Å²) in [5.41, 5.74) is 3.82. The molecule has 116 valence electrons. The van der Waals surface area contributed by atoms with Gasteiger partial charge < -0.3 is 9.73 Å². The van der Waals surface area contributed by atoms with E-state index in [9.17, 15) is 0 Å². The van der Waals surface area contributed by atoms with Crippen LogP contribution in [0.2, 0.25) is 0 Å². The minimum atomic E-state index is 0.483. The molecule has 1 heterocycles. The molecule has 2 aromatic rings. The zero-order chi connectivity index (χ0) is 15.4. The normalized spacial score (nSPS) is 13.2. The van der Waals surface area contributed by atoms with E-state index in [-0.39, 0.29) is 0 Å². The van der Waals surface area contributed by atoms with Crippen LogP contribution in [0, 0.1) is 0 Å². The van der Waals surface area contributed by atoms with Gasteiger partial charge in [-0.15, -0.1) is 0 Å². The van der Waals surface area contributed by atoms with Crippen molar-refractivity contribution in [1.29, 1.82) is 0 Å². The van der Waals surface area contributed by atoms with E-state index in [2.05, 4.69) is 58.1 Å². The highest BCUT2D eigenvalue weighted by Crippen LogP contribution is 2.34. The quantitative estimate of drug-likeness (QED) is 0.673. The van der Waals surface area contributed by atoms with Gasteiger partial charge >= 0.3 is 0 Å². The van der Waals surface area contributed by atoms with Crippen LogP contribution in [0.4, 0.5) is 0 Å². The van der Waals surface area contributed by atoms with Crippen LogP contribution >= 0.6 is 0 Å². The second-order valence-corrected chi connectivity index (χ2v) is 6.34. The summed E-state index contributed by atoms with van der Waals surface area (Å²) in [5, 5.41) is 4.76. The first-order valence-electron chi connectivity index (χ1n) is 8.34. The van der Waals surface area contributed by atoms with E-state index >= 15 is 0 Å². The number of hydrogen-bond donors (Lipinski definition) is 1. The summed E-state index contributed by atoms with van der Waals surface area (Å²) in [7, 11) is 0. The summed E-state index contributed by atoms with van der Waals surface area (Å²) in [5.74, 6) is 2.19. The lowest BCUT2D eigenvalue weighted by molar-refractivity contribution is 0.504. The Balaban J connectivity index is 2.43. The molecule has 1 atom stereocenters. The average molecular weight is 287 g/mol. The maximum absolute atomic E-state index is 6.11. The smallest absolute Gasteiger partial charge is 0.134 e. The predicted octanol–water partition coefficient (Wildman–Crippen LogP) is 5.57. The second kappa shape index (κ2) is 7.13. The van der Waals surface area contributed by atoms with E-state index in [1.807, 2.05) is 0 Å². The van der Waals surface area contributed by atoms with Gasteiger partial charge in [0, 0.05) is 10.9 Å². The first-order valence-corrected chi connectivity index (χ1v) is 8.34. The van der Waals surface area contributed by atoms with Crippen molar-refractivity contribution in [2.45, 2.75) is 65.8 Å². The zero-order valence-corrected chi connectivity index (χ0v) is 14.1. The summed E-state index contributed by atoms with van der Waals surface area (Å²) < 4.78 is 6.11. The highest BCUT2D eigenvalue weighted by molar-refractivity contribution is 5.83. The Bertz CT molecular complexity index is 583. The fourth-order valence-electron chi connectivity index (χ4n) is 2.87. The molecule has 2 heteroatoms.